The van der Waals surface area contributed by atoms with E-state index < -0.39 is 0 Å². The third-order valence-electron chi connectivity index (χ3n) is 5.02. The maximum Gasteiger partial charge on any atom is 0.230 e. The van der Waals surface area contributed by atoms with Crippen LogP contribution in [0.2, 0.25) is 0 Å². The fourth-order valence-corrected chi connectivity index (χ4v) is 4.14. The minimum absolute atomic E-state index is 0.146. The Morgan fingerprint density at radius 1 is 1.00 bits per heavy atom. The number of hydrogen-bond acceptors (Lipinski definition) is 5. The van der Waals surface area contributed by atoms with Crippen molar-refractivity contribution in [3.63, 3.8) is 0 Å². The molecule has 0 saturated carbocycles. The highest BCUT2D eigenvalue weighted by Gasteiger charge is 2.18. The summed E-state index contributed by atoms with van der Waals surface area (Å²) in [7, 11) is 1.60. The van der Waals surface area contributed by atoms with Crippen LogP contribution in [-0.2, 0) is 17.9 Å². The number of carbonyl (C=O) groups excluding carboxylic acids is 1. The molecule has 1 heterocycles. The average Bonchev–Trinajstić information content (AvgIpc) is 3.24. The Labute approximate surface area is 195 Å². The summed E-state index contributed by atoms with van der Waals surface area (Å²) in [5.74, 6) is 0.786. The minimum Gasteiger partial charge on any atom is -0.496 e. The van der Waals surface area contributed by atoms with Crippen LogP contribution in [0.4, 0.5) is 4.39 Å². The molecule has 8 heteroatoms. The zero-order valence-corrected chi connectivity index (χ0v) is 18.9. The zero-order chi connectivity index (χ0) is 23.0. The molecule has 4 rings (SSSR count). The predicted octanol–water partition coefficient (Wildman–Crippen LogP) is 4.55. The number of para-hydroxylation sites is 1. The van der Waals surface area contributed by atoms with Crippen molar-refractivity contribution < 1.29 is 13.9 Å². The molecular formula is C25H23FN4O2S. The topological polar surface area (TPSA) is 69.0 Å². The molecule has 0 spiro atoms. The van der Waals surface area contributed by atoms with Crippen LogP contribution in [0.1, 0.15) is 11.1 Å². The van der Waals surface area contributed by atoms with Crippen LogP contribution < -0.4 is 10.1 Å². The molecule has 6 nitrogen and oxygen atoms in total. The Balaban J connectivity index is 1.50. The second-order valence-electron chi connectivity index (χ2n) is 7.24. The fourth-order valence-electron chi connectivity index (χ4n) is 3.37. The largest absolute Gasteiger partial charge is 0.496 e. The van der Waals surface area contributed by atoms with Gasteiger partial charge in [0.25, 0.3) is 0 Å². The smallest absolute Gasteiger partial charge is 0.230 e. The molecule has 0 aliphatic rings. The molecule has 1 N–H and O–H groups in total. The fraction of sp³-hybridized carbons (Fsp3) is 0.160. The van der Waals surface area contributed by atoms with Gasteiger partial charge in [0, 0.05) is 12.1 Å². The molecule has 33 heavy (non-hydrogen) atoms. The van der Waals surface area contributed by atoms with E-state index in [4.69, 9.17) is 4.74 Å². The second-order valence-corrected chi connectivity index (χ2v) is 8.18. The van der Waals surface area contributed by atoms with Crippen molar-refractivity contribution in [3.8, 4) is 17.1 Å². The van der Waals surface area contributed by atoms with Gasteiger partial charge in [0.05, 0.1) is 25.0 Å². The molecule has 3 aromatic carbocycles. The number of methoxy groups -OCH3 is 1. The quantitative estimate of drug-likeness (QED) is 0.370. The Kier molecular flexibility index (Phi) is 7.36. The van der Waals surface area contributed by atoms with E-state index >= 15 is 0 Å². The van der Waals surface area contributed by atoms with Crippen LogP contribution in [0.3, 0.4) is 0 Å². The highest BCUT2D eigenvalue weighted by molar-refractivity contribution is 7.99. The average molecular weight is 463 g/mol. The lowest BCUT2D eigenvalue weighted by Crippen LogP contribution is -2.25. The van der Waals surface area contributed by atoms with Gasteiger partial charge in [-0.25, -0.2) is 4.39 Å². The van der Waals surface area contributed by atoms with E-state index in [2.05, 4.69) is 15.5 Å². The number of nitrogens with zero attached hydrogens (tertiary/aromatic N) is 3. The summed E-state index contributed by atoms with van der Waals surface area (Å²) in [5, 5.41) is 11.9. The summed E-state index contributed by atoms with van der Waals surface area (Å²) in [6.07, 6.45) is 0. The van der Waals surface area contributed by atoms with Crippen LogP contribution in [0.25, 0.3) is 11.4 Å². The SMILES string of the molecule is COc1ccccc1CNC(=O)CSc1nnc(-c2ccccc2F)n1Cc1ccccc1. The number of amides is 1. The predicted molar refractivity (Wildman–Crippen MR) is 127 cm³/mol. The summed E-state index contributed by atoms with van der Waals surface area (Å²) < 4.78 is 21.6. The van der Waals surface area contributed by atoms with Gasteiger partial charge in [-0.1, -0.05) is 72.4 Å². The van der Waals surface area contributed by atoms with Crippen molar-refractivity contribution in [1.82, 2.24) is 20.1 Å². The lowest BCUT2D eigenvalue weighted by molar-refractivity contribution is -0.118. The van der Waals surface area contributed by atoms with Crippen molar-refractivity contribution in [2.75, 3.05) is 12.9 Å². The minimum atomic E-state index is -0.370. The number of ether oxygens (including phenoxy) is 1. The Morgan fingerprint density at radius 3 is 2.52 bits per heavy atom. The number of hydrogen-bond donors (Lipinski definition) is 1. The van der Waals surface area contributed by atoms with Crippen LogP contribution in [-0.4, -0.2) is 33.5 Å². The van der Waals surface area contributed by atoms with Gasteiger partial charge in [-0.3, -0.25) is 9.36 Å². The van der Waals surface area contributed by atoms with E-state index in [9.17, 15) is 9.18 Å². The van der Waals surface area contributed by atoms with E-state index in [1.54, 1.807) is 25.3 Å². The number of aromatic nitrogens is 3. The van der Waals surface area contributed by atoms with Crippen LogP contribution >= 0.6 is 11.8 Å². The third-order valence-corrected chi connectivity index (χ3v) is 5.98. The molecule has 0 unspecified atom stereocenters. The van der Waals surface area contributed by atoms with Gasteiger partial charge < -0.3 is 10.1 Å². The highest BCUT2D eigenvalue weighted by atomic mass is 32.2. The second kappa shape index (κ2) is 10.8. The number of benzene rings is 3. The standard InChI is InChI=1S/C25H23FN4O2S/c1-32-22-14-8-5-11-19(22)15-27-23(31)17-33-25-29-28-24(20-12-6-7-13-21(20)26)30(25)16-18-9-3-2-4-10-18/h2-14H,15-17H2,1H3,(H,27,31). The number of nitrogens with one attached hydrogen (secondary N) is 1. The maximum atomic E-state index is 14.5. The molecule has 168 valence electrons. The number of thioether (sulfide) groups is 1. The van der Waals surface area contributed by atoms with Gasteiger partial charge in [0.1, 0.15) is 11.6 Å². The molecule has 0 aliphatic heterocycles. The Morgan fingerprint density at radius 2 is 1.73 bits per heavy atom. The lowest BCUT2D eigenvalue weighted by atomic mass is 10.2. The molecule has 0 atom stereocenters. The van der Waals surface area contributed by atoms with E-state index in [-0.39, 0.29) is 17.5 Å². The van der Waals surface area contributed by atoms with Crippen molar-refractivity contribution in [2.45, 2.75) is 18.2 Å². The van der Waals surface area contributed by atoms with E-state index in [1.165, 1.54) is 17.8 Å². The first kappa shape index (κ1) is 22.5. The van der Waals surface area contributed by atoms with E-state index in [0.29, 0.717) is 29.6 Å². The number of rotatable bonds is 9. The van der Waals surface area contributed by atoms with Crippen LogP contribution in [0, 0.1) is 5.82 Å². The van der Waals surface area contributed by atoms with Crippen molar-refractivity contribution in [1.29, 1.82) is 0 Å². The molecule has 0 aliphatic carbocycles. The zero-order valence-electron chi connectivity index (χ0n) is 18.1. The summed E-state index contributed by atoms with van der Waals surface area (Å²) in [6.45, 7) is 0.823. The molecule has 0 fully saturated rings. The maximum absolute atomic E-state index is 14.5. The van der Waals surface area contributed by atoms with Gasteiger partial charge in [0.2, 0.25) is 5.91 Å². The monoisotopic (exact) mass is 462 g/mol. The van der Waals surface area contributed by atoms with Gasteiger partial charge in [-0.15, -0.1) is 10.2 Å². The van der Waals surface area contributed by atoms with E-state index in [1.807, 2.05) is 59.2 Å². The third kappa shape index (κ3) is 5.59. The van der Waals surface area contributed by atoms with Gasteiger partial charge in [-0.2, -0.15) is 0 Å². The molecule has 1 amide bonds. The van der Waals surface area contributed by atoms with Crippen LogP contribution in [0.15, 0.2) is 84.0 Å². The van der Waals surface area contributed by atoms with Crippen molar-refractivity contribution >= 4 is 17.7 Å². The highest BCUT2D eigenvalue weighted by Crippen LogP contribution is 2.27. The Bertz CT molecular complexity index is 1230. The number of carbonyl (C=O) groups is 1. The Hall–Kier alpha value is -3.65. The molecular weight excluding hydrogens is 439 g/mol. The van der Waals surface area contributed by atoms with Crippen molar-refractivity contribution in [3.05, 3.63) is 95.8 Å². The van der Waals surface area contributed by atoms with Gasteiger partial charge in [0.15, 0.2) is 11.0 Å². The van der Waals surface area contributed by atoms with Crippen molar-refractivity contribution in [2.24, 2.45) is 0 Å². The first-order valence-electron chi connectivity index (χ1n) is 10.4. The summed E-state index contributed by atoms with van der Waals surface area (Å²) in [4.78, 5) is 12.5. The van der Waals surface area contributed by atoms with Crippen LogP contribution in [0.5, 0.6) is 5.75 Å². The van der Waals surface area contributed by atoms with E-state index in [0.717, 1.165) is 16.9 Å². The molecule has 4 aromatic rings. The van der Waals surface area contributed by atoms with Gasteiger partial charge >= 0.3 is 0 Å². The molecule has 0 bridgehead atoms. The number of halogens is 1. The molecule has 1 aromatic heterocycles. The summed E-state index contributed by atoms with van der Waals surface area (Å²) >= 11 is 1.26. The first-order valence-corrected chi connectivity index (χ1v) is 11.4. The van der Waals surface area contributed by atoms with Gasteiger partial charge in [-0.05, 0) is 23.8 Å². The first-order chi connectivity index (χ1) is 16.2. The summed E-state index contributed by atoms with van der Waals surface area (Å²) in [6, 6.07) is 23.8. The molecule has 0 saturated heterocycles. The molecule has 0 radical (unpaired) electrons. The normalized spacial score (nSPS) is 10.7. The summed E-state index contributed by atoms with van der Waals surface area (Å²) in [5.41, 5.74) is 2.29. The lowest BCUT2D eigenvalue weighted by Gasteiger charge is -2.12.